The third kappa shape index (κ3) is 2.97. The topological polar surface area (TPSA) is 96.3 Å². The predicted molar refractivity (Wildman–Crippen MR) is 123 cm³/mol. The average Bonchev–Trinajstić information content (AvgIpc) is 3.40. The Balaban J connectivity index is 1.38. The Hall–Kier alpha value is -3.42. The summed E-state index contributed by atoms with van der Waals surface area (Å²) in [6, 6.07) is 14.0. The van der Waals surface area contributed by atoms with Crippen LogP contribution in [0.2, 0.25) is 0 Å². The maximum Gasteiger partial charge on any atom is 0.231 e. The maximum absolute atomic E-state index is 6.86. The van der Waals surface area contributed by atoms with Crippen LogP contribution in [-0.4, -0.2) is 16.8 Å². The summed E-state index contributed by atoms with van der Waals surface area (Å²) in [5.74, 6) is 1.52. The highest BCUT2D eigenvalue weighted by atomic mass is 32.1. The molecular weight excluding hydrogens is 408 g/mol. The summed E-state index contributed by atoms with van der Waals surface area (Å²) in [5.41, 5.74) is 19.0. The lowest BCUT2D eigenvalue weighted by atomic mass is 9.80. The van der Waals surface area contributed by atoms with Crippen LogP contribution in [0.4, 0.5) is 5.69 Å². The molecule has 1 aliphatic carbocycles. The molecule has 4 aromatic rings. The van der Waals surface area contributed by atoms with Gasteiger partial charge in [0.25, 0.3) is 0 Å². The van der Waals surface area contributed by atoms with E-state index in [1.807, 2.05) is 49.4 Å². The van der Waals surface area contributed by atoms with E-state index in [1.165, 1.54) is 0 Å². The highest BCUT2D eigenvalue weighted by Gasteiger charge is 2.31. The molecule has 154 valence electrons. The normalized spacial score (nSPS) is 19.0. The third-order valence-corrected chi connectivity index (χ3v) is 6.94. The lowest BCUT2D eigenvalue weighted by molar-refractivity contribution is 0.174. The van der Waals surface area contributed by atoms with Crippen molar-refractivity contribution in [2.24, 2.45) is 5.73 Å². The molecule has 2 aromatic heterocycles. The number of hydrogen-bond donors (Lipinski definition) is 2. The molecule has 3 heterocycles. The van der Waals surface area contributed by atoms with Gasteiger partial charge in [-0.1, -0.05) is 12.1 Å². The molecule has 4 N–H and O–H groups in total. The Morgan fingerprint density at radius 1 is 1.03 bits per heavy atom. The fourth-order valence-corrected chi connectivity index (χ4v) is 5.23. The van der Waals surface area contributed by atoms with E-state index in [2.05, 4.69) is 17.1 Å². The second-order valence-corrected chi connectivity index (χ2v) is 9.07. The minimum absolute atomic E-state index is 0.261. The van der Waals surface area contributed by atoms with Gasteiger partial charge >= 0.3 is 0 Å². The largest absolute Gasteiger partial charge is 0.454 e. The molecule has 1 aliphatic heterocycles. The molecule has 6 rings (SSSR count). The van der Waals surface area contributed by atoms with E-state index in [4.69, 9.17) is 25.9 Å². The van der Waals surface area contributed by atoms with E-state index in [-0.39, 0.29) is 6.79 Å². The summed E-state index contributed by atoms with van der Waals surface area (Å²) in [6.07, 6.45) is 4.62. The van der Waals surface area contributed by atoms with Crippen molar-refractivity contribution >= 4 is 33.3 Å². The van der Waals surface area contributed by atoms with Crippen LogP contribution in [0.25, 0.3) is 26.9 Å². The molecule has 2 aliphatic rings. The fraction of sp³-hybridized carbons (Fsp3) is 0.167. The summed E-state index contributed by atoms with van der Waals surface area (Å²) in [6.45, 7) is 2.21. The lowest BCUT2D eigenvalue weighted by Gasteiger charge is -2.31. The van der Waals surface area contributed by atoms with Gasteiger partial charge in [-0.3, -0.25) is 4.98 Å². The number of nitrogen functional groups attached to an aromatic ring is 1. The molecule has 0 amide bonds. The molecule has 31 heavy (non-hydrogen) atoms. The molecule has 6 nitrogen and oxygen atoms in total. The highest BCUT2D eigenvalue weighted by molar-refractivity contribution is 7.21. The Morgan fingerprint density at radius 2 is 1.90 bits per heavy atom. The van der Waals surface area contributed by atoms with Gasteiger partial charge in [0, 0.05) is 28.9 Å². The Morgan fingerprint density at radius 3 is 2.81 bits per heavy atom. The first kappa shape index (κ1) is 18.4. The zero-order chi connectivity index (χ0) is 21.2. The van der Waals surface area contributed by atoms with E-state index in [9.17, 15) is 0 Å². The Bertz CT molecular complexity index is 1390. The number of rotatable bonds is 2. The molecule has 0 bridgehead atoms. The number of benzene rings is 2. The van der Waals surface area contributed by atoms with Crippen molar-refractivity contribution in [1.29, 1.82) is 0 Å². The number of pyridine rings is 1. The SMILES string of the molecule is Cc1cc(N)c2c(n1)C=CC(N)(c1ccc3nc(-c4ccc5c(c4)OCO5)sc3c1)C2. The van der Waals surface area contributed by atoms with Crippen LogP contribution >= 0.6 is 11.3 Å². The number of aromatic nitrogens is 2. The zero-order valence-corrected chi connectivity index (χ0v) is 17.7. The van der Waals surface area contributed by atoms with Crippen molar-refractivity contribution in [3.8, 4) is 22.1 Å². The van der Waals surface area contributed by atoms with E-state index >= 15 is 0 Å². The van der Waals surface area contributed by atoms with Gasteiger partial charge in [-0.15, -0.1) is 11.3 Å². The molecule has 0 saturated carbocycles. The molecule has 0 fully saturated rings. The standard InChI is InChI=1S/C24H20N4O2S/c1-13-8-17(25)16-11-24(26,7-6-18(16)27-13)15-3-4-19-22(10-15)31-23(28-19)14-2-5-20-21(9-14)30-12-29-20/h2-10H,11-12,26H2,1H3,(H2,25,27). The van der Waals surface area contributed by atoms with Crippen molar-refractivity contribution in [3.05, 3.63) is 71.1 Å². The molecule has 2 aromatic carbocycles. The average molecular weight is 429 g/mol. The van der Waals surface area contributed by atoms with Crippen LogP contribution in [0.15, 0.2) is 48.5 Å². The van der Waals surface area contributed by atoms with Crippen molar-refractivity contribution in [1.82, 2.24) is 9.97 Å². The molecular formula is C24H20N4O2S. The van der Waals surface area contributed by atoms with Gasteiger partial charge in [0.05, 0.1) is 21.4 Å². The fourth-order valence-electron chi connectivity index (χ4n) is 4.22. The monoisotopic (exact) mass is 428 g/mol. The first-order chi connectivity index (χ1) is 15.0. The maximum atomic E-state index is 6.86. The second kappa shape index (κ2) is 6.54. The smallest absolute Gasteiger partial charge is 0.231 e. The van der Waals surface area contributed by atoms with E-state index < -0.39 is 5.54 Å². The van der Waals surface area contributed by atoms with Gasteiger partial charge in [0.1, 0.15) is 5.01 Å². The summed E-state index contributed by atoms with van der Waals surface area (Å²) >= 11 is 1.64. The van der Waals surface area contributed by atoms with Gasteiger partial charge in [0.15, 0.2) is 11.5 Å². The summed E-state index contributed by atoms with van der Waals surface area (Å²) < 4.78 is 12.0. The first-order valence-electron chi connectivity index (χ1n) is 10.0. The van der Waals surface area contributed by atoms with Crippen LogP contribution in [0.1, 0.15) is 22.5 Å². The van der Waals surface area contributed by atoms with Crippen LogP contribution in [-0.2, 0) is 12.0 Å². The minimum Gasteiger partial charge on any atom is -0.454 e. The van der Waals surface area contributed by atoms with Gasteiger partial charge in [-0.25, -0.2) is 4.98 Å². The van der Waals surface area contributed by atoms with E-state index in [0.29, 0.717) is 6.42 Å². The first-order valence-corrected chi connectivity index (χ1v) is 10.9. The molecule has 0 spiro atoms. The van der Waals surface area contributed by atoms with Gasteiger partial charge < -0.3 is 20.9 Å². The number of nitrogens with two attached hydrogens (primary N) is 2. The van der Waals surface area contributed by atoms with Crippen LogP contribution in [0.3, 0.4) is 0 Å². The van der Waals surface area contributed by atoms with Crippen molar-refractivity contribution < 1.29 is 9.47 Å². The second-order valence-electron chi connectivity index (χ2n) is 8.04. The van der Waals surface area contributed by atoms with Crippen molar-refractivity contribution in [2.75, 3.05) is 12.5 Å². The number of thiazole rings is 1. The summed E-state index contributed by atoms with van der Waals surface area (Å²) in [4.78, 5) is 9.41. The van der Waals surface area contributed by atoms with Gasteiger partial charge in [-0.05, 0) is 55.0 Å². The summed E-state index contributed by atoms with van der Waals surface area (Å²) in [5, 5.41) is 0.935. The number of anilines is 1. The van der Waals surface area contributed by atoms with Crippen molar-refractivity contribution in [3.63, 3.8) is 0 Å². The number of fused-ring (bicyclic) bond motifs is 3. The Kier molecular flexibility index (Phi) is 3.87. The number of aryl methyl sites for hydroxylation is 1. The number of hydrogen-bond acceptors (Lipinski definition) is 7. The Labute approximate surface area is 183 Å². The van der Waals surface area contributed by atoms with Gasteiger partial charge in [-0.2, -0.15) is 0 Å². The zero-order valence-electron chi connectivity index (χ0n) is 16.9. The molecule has 0 radical (unpaired) electrons. The van der Waals surface area contributed by atoms with Gasteiger partial charge in [0.2, 0.25) is 6.79 Å². The van der Waals surface area contributed by atoms with Crippen LogP contribution in [0, 0.1) is 6.92 Å². The van der Waals surface area contributed by atoms with E-state index in [0.717, 1.165) is 60.5 Å². The van der Waals surface area contributed by atoms with Crippen LogP contribution in [0.5, 0.6) is 11.5 Å². The third-order valence-electron chi connectivity index (χ3n) is 5.87. The lowest BCUT2D eigenvalue weighted by Crippen LogP contribution is -2.39. The highest BCUT2D eigenvalue weighted by Crippen LogP contribution is 2.40. The molecule has 0 saturated heterocycles. The number of ether oxygens (including phenoxy) is 2. The quantitative estimate of drug-likeness (QED) is 0.491. The van der Waals surface area contributed by atoms with Crippen molar-refractivity contribution in [2.45, 2.75) is 18.9 Å². The molecule has 7 heteroatoms. The predicted octanol–water partition coefficient (Wildman–Crippen LogP) is 4.40. The van der Waals surface area contributed by atoms with Crippen LogP contribution < -0.4 is 20.9 Å². The molecule has 1 unspecified atom stereocenters. The summed E-state index contributed by atoms with van der Waals surface area (Å²) in [7, 11) is 0. The van der Waals surface area contributed by atoms with E-state index in [1.54, 1.807) is 11.3 Å². The number of nitrogens with zero attached hydrogens (tertiary/aromatic N) is 2. The molecule has 1 atom stereocenters. The minimum atomic E-state index is -0.644.